The van der Waals surface area contributed by atoms with E-state index in [1.807, 2.05) is 32.0 Å². The van der Waals surface area contributed by atoms with Crippen LogP contribution in [0.4, 0.5) is 11.9 Å². The van der Waals surface area contributed by atoms with Crippen LogP contribution in [0.15, 0.2) is 18.2 Å². The molecule has 0 aliphatic heterocycles. The van der Waals surface area contributed by atoms with Crippen molar-refractivity contribution < 1.29 is 18.9 Å². The van der Waals surface area contributed by atoms with E-state index in [1.165, 1.54) is 0 Å². The molecular formula is C17H25N5O4. The molecule has 2 rings (SSSR count). The maximum atomic E-state index is 5.76. The molecule has 1 aromatic heterocycles. The molecule has 9 heteroatoms. The molecule has 0 amide bonds. The smallest absolute Gasteiger partial charge is 0.225 e. The standard InChI is InChI=1S/C17H25N5O4/c1-5-25-15(26-6-2)11-9-7-8-10(14(23-3)24-4)12(11)13-20-16(18)22-17(19)21-13/h7-9,14-15H,5-6H2,1-4H3,(H4,18,19,20,21,22). The lowest BCUT2D eigenvalue weighted by Crippen LogP contribution is -2.15. The molecule has 0 aliphatic carbocycles. The lowest BCUT2D eigenvalue weighted by Gasteiger charge is -2.24. The van der Waals surface area contributed by atoms with Crippen molar-refractivity contribution in [3.63, 3.8) is 0 Å². The first-order valence-corrected chi connectivity index (χ1v) is 8.24. The van der Waals surface area contributed by atoms with E-state index in [0.29, 0.717) is 30.2 Å². The van der Waals surface area contributed by atoms with E-state index in [1.54, 1.807) is 14.2 Å². The number of anilines is 2. The average molecular weight is 363 g/mol. The van der Waals surface area contributed by atoms with Gasteiger partial charge in [-0.05, 0) is 13.8 Å². The van der Waals surface area contributed by atoms with Crippen LogP contribution in [-0.2, 0) is 18.9 Å². The number of hydrogen-bond acceptors (Lipinski definition) is 9. The number of ether oxygens (including phenoxy) is 4. The Morgan fingerprint density at radius 1 is 0.846 bits per heavy atom. The van der Waals surface area contributed by atoms with Crippen LogP contribution in [0.25, 0.3) is 11.4 Å². The number of benzene rings is 1. The van der Waals surface area contributed by atoms with Gasteiger partial charge in [0.15, 0.2) is 18.4 Å². The summed E-state index contributed by atoms with van der Waals surface area (Å²) in [6.07, 6.45) is -1.26. The Balaban J connectivity index is 2.73. The molecule has 1 heterocycles. The predicted molar refractivity (Wildman–Crippen MR) is 96.8 cm³/mol. The van der Waals surface area contributed by atoms with Gasteiger partial charge >= 0.3 is 0 Å². The number of nitrogens with two attached hydrogens (primary N) is 2. The summed E-state index contributed by atoms with van der Waals surface area (Å²) in [5.74, 6) is 0.331. The second kappa shape index (κ2) is 9.39. The summed E-state index contributed by atoms with van der Waals surface area (Å²) in [7, 11) is 3.09. The van der Waals surface area contributed by atoms with E-state index in [-0.39, 0.29) is 11.9 Å². The summed E-state index contributed by atoms with van der Waals surface area (Å²) >= 11 is 0. The maximum absolute atomic E-state index is 5.76. The lowest BCUT2D eigenvalue weighted by atomic mass is 9.99. The molecule has 0 saturated heterocycles. The highest BCUT2D eigenvalue weighted by Crippen LogP contribution is 2.36. The molecule has 4 N–H and O–H groups in total. The minimum atomic E-state index is -0.645. The van der Waals surface area contributed by atoms with E-state index >= 15 is 0 Å². The van der Waals surface area contributed by atoms with Crippen LogP contribution in [0.2, 0.25) is 0 Å². The molecule has 9 nitrogen and oxygen atoms in total. The van der Waals surface area contributed by atoms with E-state index in [0.717, 1.165) is 5.56 Å². The van der Waals surface area contributed by atoms with Crippen molar-refractivity contribution in [2.45, 2.75) is 26.4 Å². The van der Waals surface area contributed by atoms with Gasteiger partial charge in [-0.15, -0.1) is 0 Å². The fourth-order valence-corrected chi connectivity index (χ4v) is 2.64. The van der Waals surface area contributed by atoms with Crippen LogP contribution >= 0.6 is 0 Å². The van der Waals surface area contributed by atoms with Crippen LogP contribution in [0.3, 0.4) is 0 Å². The number of aromatic nitrogens is 3. The van der Waals surface area contributed by atoms with Gasteiger partial charge < -0.3 is 30.4 Å². The van der Waals surface area contributed by atoms with Gasteiger partial charge in [0.05, 0.1) is 0 Å². The first-order chi connectivity index (χ1) is 12.5. The molecule has 2 aromatic rings. The third-order valence-corrected chi connectivity index (χ3v) is 3.59. The number of nitrogens with zero attached hydrogens (tertiary/aromatic N) is 3. The van der Waals surface area contributed by atoms with Crippen molar-refractivity contribution in [1.82, 2.24) is 15.0 Å². The number of methoxy groups -OCH3 is 2. The third kappa shape index (κ3) is 4.44. The monoisotopic (exact) mass is 363 g/mol. The molecule has 0 bridgehead atoms. The maximum Gasteiger partial charge on any atom is 0.225 e. The molecule has 1 aromatic carbocycles. The number of rotatable bonds is 9. The Morgan fingerprint density at radius 3 is 1.81 bits per heavy atom. The van der Waals surface area contributed by atoms with Crippen molar-refractivity contribution >= 4 is 11.9 Å². The summed E-state index contributed by atoms with van der Waals surface area (Å²) in [4.78, 5) is 12.3. The highest BCUT2D eigenvalue weighted by atomic mass is 16.7. The second-order valence-electron chi connectivity index (χ2n) is 5.23. The molecule has 0 saturated carbocycles. The highest BCUT2D eigenvalue weighted by Gasteiger charge is 2.25. The fraction of sp³-hybridized carbons (Fsp3) is 0.471. The Kier molecular flexibility index (Phi) is 7.22. The van der Waals surface area contributed by atoms with Crippen LogP contribution in [0, 0.1) is 0 Å². The van der Waals surface area contributed by atoms with E-state index in [9.17, 15) is 0 Å². The van der Waals surface area contributed by atoms with Gasteiger partial charge in [0.1, 0.15) is 0 Å². The van der Waals surface area contributed by atoms with Gasteiger partial charge in [-0.3, -0.25) is 0 Å². The minimum absolute atomic E-state index is 0.0176. The zero-order valence-corrected chi connectivity index (χ0v) is 15.4. The number of hydrogen-bond donors (Lipinski definition) is 2. The largest absolute Gasteiger partial charge is 0.368 e. The Labute approximate surface area is 152 Å². The van der Waals surface area contributed by atoms with E-state index < -0.39 is 12.6 Å². The van der Waals surface area contributed by atoms with E-state index in [4.69, 9.17) is 30.4 Å². The van der Waals surface area contributed by atoms with Crippen LogP contribution in [-0.4, -0.2) is 42.4 Å². The minimum Gasteiger partial charge on any atom is -0.368 e. The first kappa shape index (κ1) is 20.0. The van der Waals surface area contributed by atoms with Crippen molar-refractivity contribution in [3.8, 4) is 11.4 Å². The highest BCUT2D eigenvalue weighted by molar-refractivity contribution is 5.67. The van der Waals surface area contributed by atoms with Gasteiger partial charge in [-0.2, -0.15) is 15.0 Å². The topological polar surface area (TPSA) is 128 Å². The van der Waals surface area contributed by atoms with Crippen molar-refractivity contribution in [1.29, 1.82) is 0 Å². The van der Waals surface area contributed by atoms with Gasteiger partial charge in [-0.25, -0.2) is 0 Å². The Morgan fingerprint density at radius 2 is 1.35 bits per heavy atom. The quantitative estimate of drug-likeness (QED) is 0.643. The molecule has 0 aliphatic rings. The molecule has 0 fully saturated rings. The zero-order valence-electron chi connectivity index (χ0n) is 15.4. The molecule has 0 radical (unpaired) electrons. The van der Waals surface area contributed by atoms with Crippen LogP contribution < -0.4 is 11.5 Å². The van der Waals surface area contributed by atoms with Crippen molar-refractivity contribution in [2.24, 2.45) is 0 Å². The zero-order chi connectivity index (χ0) is 19.1. The predicted octanol–water partition coefficient (Wildman–Crippen LogP) is 2.07. The van der Waals surface area contributed by atoms with Crippen LogP contribution in [0.5, 0.6) is 0 Å². The number of nitrogen functional groups attached to an aromatic ring is 2. The Bertz CT molecular complexity index is 698. The SMILES string of the molecule is CCOC(OCC)c1cccc(C(OC)OC)c1-c1nc(N)nc(N)n1. The van der Waals surface area contributed by atoms with E-state index in [2.05, 4.69) is 15.0 Å². The van der Waals surface area contributed by atoms with Crippen molar-refractivity contribution in [2.75, 3.05) is 38.9 Å². The second-order valence-corrected chi connectivity index (χ2v) is 5.23. The first-order valence-electron chi connectivity index (χ1n) is 8.24. The van der Waals surface area contributed by atoms with Gasteiger partial charge in [0.25, 0.3) is 0 Å². The summed E-state index contributed by atoms with van der Waals surface area (Å²) < 4.78 is 22.4. The van der Waals surface area contributed by atoms with Gasteiger partial charge in [-0.1, -0.05) is 18.2 Å². The Hall–Kier alpha value is -2.33. The summed E-state index contributed by atoms with van der Waals surface area (Å²) in [5, 5.41) is 0. The molecule has 0 spiro atoms. The summed E-state index contributed by atoms with van der Waals surface area (Å²) in [6, 6.07) is 5.58. The fourth-order valence-electron chi connectivity index (χ4n) is 2.64. The molecule has 26 heavy (non-hydrogen) atoms. The lowest BCUT2D eigenvalue weighted by molar-refractivity contribution is -0.140. The van der Waals surface area contributed by atoms with Gasteiger partial charge in [0, 0.05) is 44.1 Å². The molecule has 0 unspecified atom stereocenters. The van der Waals surface area contributed by atoms with Crippen LogP contribution in [0.1, 0.15) is 37.6 Å². The van der Waals surface area contributed by atoms with Gasteiger partial charge in [0.2, 0.25) is 11.9 Å². The average Bonchev–Trinajstić information content (AvgIpc) is 2.61. The summed E-state index contributed by atoms with van der Waals surface area (Å²) in [6.45, 7) is 4.71. The third-order valence-electron chi connectivity index (χ3n) is 3.59. The summed E-state index contributed by atoms with van der Waals surface area (Å²) in [5.41, 5.74) is 13.6. The van der Waals surface area contributed by atoms with Crippen molar-refractivity contribution in [3.05, 3.63) is 29.3 Å². The molecule has 0 atom stereocenters. The normalized spacial score (nSPS) is 11.5. The molecular weight excluding hydrogens is 338 g/mol. The molecule has 142 valence electrons.